The van der Waals surface area contributed by atoms with Crippen LogP contribution in [0.1, 0.15) is 21.3 Å². The molecule has 94 valence electrons. The van der Waals surface area contributed by atoms with Crippen LogP contribution < -0.4 is 0 Å². The van der Waals surface area contributed by atoms with Crippen LogP contribution in [0, 0.1) is 0 Å². The highest BCUT2D eigenvalue weighted by molar-refractivity contribution is 7.92. The number of ether oxygens (including phenoxy) is 1. The Morgan fingerprint density at radius 2 is 2.06 bits per heavy atom. The molecule has 0 unspecified atom stereocenters. The van der Waals surface area contributed by atoms with Crippen molar-refractivity contribution in [3.8, 4) is 0 Å². The lowest BCUT2D eigenvalue weighted by Gasteiger charge is -1.89. The second-order valence-electron chi connectivity index (χ2n) is 2.63. The molecule has 0 saturated heterocycles. The summed E-state index contributed by atoms with van der Waals surface area (Å²) >= 11 is 1.24. The molecule has 0 radical (unpaired) electrons. The molecule has 16 heavy (non-hydrogen) atoms. The SMILES string of the molecule is C.CCOC(C)=O.CS(=O)(=O)c1cccs1. The van der Waals surface area contributed by atoms with Crippen LogP contribution in [0.15, 0.2) is 21.7 Å². The largest absolute Gasteiger partial charge is 0.466 e. The maximum atomic E-state index is 10.7. The maximum absolute atomic E-state index is 10.7. The van der Waals surface area contributed by atoms with E-state index in [0.29, 0.717) is 10.8 Å². The van der Waals surface area contributed by atoms with Crippen LogP contribution in [0.4, 0.5) is 0 Å². The van der Waals surface area contributed by atoms with Gasteiger partial charge in [0.25, 0.3) is 0 Å². The molecule has 1 heterocycles. The molecule has 1 aromatic rings. The van der Waals surface area contributed by atoms with Crippen molar-refractivity contribution < 1.29 is 17.9 Å². The van der Waals surface area contributed by atoms with Crippen molar-refractivity contribution in [1.29, 1.82) is 0 Å². The van der Waals surface area contributed by atoms with Crippen LogP contribution in [-0.2, 0) is 19.4 Å². The summed E-state index contributed by atoms with van der Waals surface area (Å²) in [4.78, 5) is 9.82. The van der Waals surface area contributed by atoms with Gasteiger partial charge in [0.15, 0.2) is 9.84 Å². The molecule has 6 heteroatoms. The third-order valence-electron chi connectivity index (χ3n) is 1.21. The number of carbonyl (C=O) groups excluding carboxylic acids is 1. The summed E-state index contributed by atoms with van der Waals surface area (Å²) in [6, 6.07) is 3.32. The number of rotatable bonds is 2. The average Bonchev–Trinajstić information content (AvgIpc) is 2.54. The number of hydrogen-bond donors (Lipinski definition) is 0. The average molecular weight is 266 g/mol. The van der Waals surface area contributed by atoms with Gasteiger partial charge in [-0.3, -0.25) is 4.79 Å². The highest BCUT2D eigenvalue weighted by Gasteiger charge is 2.05. The molecule has 4 nitrogen and oxygen atoms in total. The summed E-state index contributed by atoms with van der Waals surface area (Å²) in [7, 11) is -2.94. The summed E-state index contributed by atoms with van der Waals surface area (Å²) in [5.41, 5.74) is 0. The fraction of sp³-hybridized carbons (Fsp3) is 0.500. The Hall–Kier alpha value is -0.880. The Labute approximate surface area is 101 Å². The van der Waals surface area contributed by atoms with Gasteiger partial charge in [-0.1, -0.05) is 13.5 Å². The lowest BCUT2D eigenvalue weighted by atomic mass is 10.7. The molecule has 0 aliphatic rings. The molecule has 1 rings (SSSR count). The summed E-state index contributed by atoms with van der Waals surface area (Å²) in [6.45, 7) is 3.65. The van der Waals surface area contributed by atoms with E-state index < -0.39 is 9.84 Å². The van der Waals surface area contributed by atoms with Crippen molar-refractivity contribution in [2.24, 2.45) is 0 Å². The van der Waals surface area contributed by atoms with E-state index in [1.165, 1.54) is 24.5 Å². The minimum Gasteiger partial charge on any atom is -0.466 e. The number of thiophene rings is 1. The van der Waals surface area contributed by atoms with Gasteiger partial charge >= 0.3 is 5.97 Å². The Morgan fingerprint density at radius 3 is 2.19 bits per heavy atom. The molecular formula is C10H18O4S2. The van der Waals surface area contributed by atoms with Crippen molar-refractivity contribution >= 4 is 27.1 Å². The second kappa shape index (κ2) is 8.29. The first kappa shape index (κ1) is 17.5. The van der Waals surface area contributed by atoms with Crippen LogP contribution in [0.3, 0.4) is 0 Å². The number of carbonyl (C=O) groups is 1. The van der Waals surface area contributed by atoms with E-state index in [2.05, 4.69) is 4.74 Å². The van der Waals surface area contributed by atoms with Gasteiger partial charge in [0.1, 0.15) is 4.21 Å². The van der Waals surface area contributed by atoms with E-state index in [1.54, 1.807) is 24.4 Å². The van der Waals surface area contributed by atoms with Crippen molar-refractivity contribution in [2.45, 2.75) is 25.5 Å². The molecule has 0 aliphatic carbocycles. The summed E-state index contributed by atoms with van der Waals surface area (Å²) in [6.07, 6.45) is 1.21. The maximum Gasteiger partial charge on any atom is 0.302 e. The standard InChI is InChI=1S/C5H6O2S2.C4H8O2.CH4/c1-9(6,7)5-3-2-4-8-5;1-3-6-4(2)5;/h2-4H,1H3;3H2,1-2H3;1H4. The van der Waals surface area contributed by atoms with Gasteiger partial charge in [-0.15, -0.1) is 11.3 Å². The quantitative estimate of drug-likeness (QED) is 0.771. The minimum atomic E-state index is -2.94. The highest BCUT2D eigenvalue weighted by Crippen LogP contribution is 2.14. The lowest BCUT2D eigenvalue weighted by Crippen LogP contribution is -1.95. The molecule has 0 spiro atoms. The van der Waals surface area contributed by atoms with Crippen LogP contribution >= 0.6 is 11.3 Å². The Balaban J connectivity index is 0. The predicted molar refractivity (Wildman–Crippen MR) is 66.5 cm³/mol. The summed E-state index contributed by atoms with van der Waals surface area (Å²) < 4.78 is 26.2. The van der Waals surface area contributed by atoms with Gasteiger partial charge < -0.3 is 4.74 Å². The zero-order valence-electron chi connectivity index (χ0n) is 8.89. The first-order valence-corrected chi connectivity index (χ1v) is 7.02. The second-order valence-corrected chi connectivity index (χ2v) is 5.82. The number of sulfone groups is 1. The molecular weight excluding hydrogens is 248 g/mol. The molecule has 0 N–H and O–H groups in total. The van der Waals surface area contributed by atoms with Gasteiger partial charge in [-0.05, 0) is 18.4 Å². The minimum absolute atomic E-state index is 0. The molecule has 1 aromatic heterocycles. The van der Waals surface area contributed by atoms with Crippen molar-refractivity contribution in [2.75, 3.05) is 12.9 Å². The fourth-order valence-electron chi connectivity index (χ4n) is 0.678. The Morgan fingerprint density at radius 1 is 1.50 bits per heavy atom. The van der Waals surface area contributed by atoms with Crippen LogP contribution in [-0.4, -0.2) is 27.2 Å². The zero-order valence-corrected chi connectivity index (χ0v) is 10.5. The van der Waals surface area contributed by atoms with Crippen molar-refractivity contribution in [1.82, 2.24) is 0 Å². The molecule has 0 saturated carbocycles. The monoisotopic (exact) mass is 266 g/mol. The van der Waals surface area contributed by atoms with E-state index in [0.717, 1.165) is 0 Å². The van der Waals surface area contributed by atoms with Crippen molar-refractivity contribution in [3.05, 3.63) is 17.5 Å². The van der Waals surface area contributed by atoms with Crippen LogP contribution in [0.2, 0.25) is 0 Å². The van der Waals surface area contributed by atoms with Gasteiger partial charge in [-0.25, -0.2) is 8.42 Å². The topological polar surface area (TPSA) is 60.4 Å². The van der Waals surface area contributed by atoms with E-state index in [4.69, 9.17) is 0 Å². The number of hydrogen-bond acceptors (Lipinski definition) is 5. The smallest absolute Gasteiger partial charge is 0.302 e. The molecule has 0 amide bonds. The third-order valence-corrected chi connectivity index (χ3v) is 3.93. The molecule has 0 fully saturated rings. The first-order valence-electron chi connectivity index (χ1n) is 4.24. The number of esters is 1. The third kappa shape index (κ3) is 8.43. The van der Waals surface area contributed by atoms with Crippen molar-refractivity contribution in [3.63, 3.8) is 0 Å². The molecule has 0 atom stereocenters. The molecule has 0 bridgehead atoms. The van der Waals surface area contributed by atoms with E-state index in [9.17, 15) is 13.2 Å². The first-order chi connectivity index (χ1) is 6.88. The predicted octanol–water partition coefficient (Wildman–Crippen LogP) is 2.36. The lowest BCUT2D eigenvalue weighted by molar-refractivity contribution is -0.140. The van der Waals surface area contributed by atoms with E-state index in [1.807, 2.05) is 0 Å². The highest BCUT2D eigenvalue weighted by atomic mass is 32.2. The summed E-state index contributed by atoms with van der Waals surface area (Å²) in [5.74, 6) is -0.211. The van der Waals surface area contributed by atoms with Crippen LogP contribution in [0.5, 0.6) is 0 Å². The van der Waals surface area contributed by atoms with Gasteiger partial charge in [0.05, 0.1) is 6.61 Å². The zero-order chi connectivity index (χ0) is 11.9. The molecule has 0 aliphatic heterocycles. The normalized spacial score (nSPS) is 9.44. The van der Waals surface area contributed by atoms with Gasteiger partial charge in [-0.2, -0.15) is 0 Å². The summed E-state index contributed by atoms with van der Waals surface area (Å²) in [5, 5.41) is 1.75. The van der Waals surface area contributed by atoms with E-state index >= 15 is 0 Å². The van der Waals surface area contributed by atoms with Gasteiger partial charge in [0.2, 0.25) is 0 Å². The Bertz CT molecular complexity index is 379. The Kier molecular flexibility index (Phi) is 9.08. The van der Waals surface area contributed by atoms with Crippen LogP contribution in [0.25, 0.3) is 0 Å². The van der Waals surface area contributed by atoms with E-state index in [-0.39, 0.29) is 13.4 Å². The fourth-order valence-corrected chi connectivity index (χ4v) is 2.32. The molecule has 0 aromatic carbocycles. The van der Waals surface area contributed by atoms with Gasteiger partial charge in [0, 0.05) is 13.2 Å².